The summed E-state index contributed by atoms with van der Waals surface area (Å²) in [5, 5.41) is 108. The number of rotatable bonds is 9. The minimum Gasteiger partial charge on any atom is -0.394 e. The highest BCUT2D eigenvalue weighted by Crippen LogP contribution is 2.31. The van der Waals surface area contributed by atoms with Crippen LogP contribution in [0, 0.1) is 0 Å². The Balaban J connectivity index is 1.64. The van der Waals surface area contributed by atoms with Crippen molar-refractivity contribution in [1.29, 1.82) is 0 Å². The van der Waals surface area contributed by atoms with Gasteiger partial charge in [-0.1, -0.05) is 0 Å². The summed E-state index contributed by atoms with van der Waals surface area (Å²) in [6.07, 6.45) is -24.2. The lowest BCUT2D eigenvalue weighted by molar-refractivity contribution is -0.334. The Labute approximate surface area is 192 Å². The minimum absolute atomic E-state index is 0.657. The third kappa shape index (κ3) is 5.52. The first-order valence-corrected chi connectivity index (χ1v) is 10.6. The van der Waals surface area contributed by atoms with E-state index in [2.05, 4.69) is 0 Å². The van der Waals surface area contributed by atoms with Crippen LogP contribution in [-0.4, -0.2) is 168 Å². The molecule has 0 aromatic heterocycles. The summed E-state index contributed by atoms with van der Waals surface area (Å²) in [5.74, 6) is 0. The first kappa shape index (κ1) is 27.9. The third-order valence-corrected chi connectivity index (χ3v) is 6.02. The maximum absolute atomic E-state index is 10.6. The van der Waals surface area contributed by atoms with Crippen LogP contribution in [0.1, 0.15) is 0 Å². The molecule has 0 amide bonds. The molecule has 0 spiro atoms. The Morgan fingerprint density at radius 2 is 1.26 bits per heavy atom. The Morgan fingerprint density at radius 1 is 0.647 bits per heavy atom. The van der Waals surface area contributed by atoms with Crippen molar-refractivity contribution in [2.45, 2.75) is 92.1 Å². The SMILES string of the molecule is OC[C@@H](O)[C@@H]1O[C@@H](O[C@H]2[C@@H](O)[C@@H](CO)O[C@@H](OC[C@@H](O)[C@@H]3O[C@@H](O)[C@H](O)[C@H]3O)[C@@H]2O)[C@H](O)[C@H]1O. The summed E-state index contributed by atoms with van der Waals surface area (Å²) in [7, 11) is 0. The number of hydrogen-bond donors (Lipinski definition) is 11. The van der Waals surface area contributed by atoms with Crippen LogP contribution in [0.15, 0.2) is 0 Å². The zero-order valence-electron chi connectivity index (χ0n) is 17.7. The molecular weight excluding hydrogens is 472 g/mol. The highest BCUT2D eigenvalue weighted by molar-refractivity contribution is 4.95. The van der Waals surface area contributed by atoms with Gasteiger partial charge in [-0.2, -0.15) is 0 Å². The third-order valence-electron chi connectivity index (χ3n) is 6.02. The van der Waals surface area contributed by atoms with Crippen LogP contribution in [0.5, 0.6) is 0 Å². The molecule has 0 bridgehead atoms. The molecule has 0 saturated carbocycles. The van der Waals surface area contributed by atoms with Gasteiger partial charge < -0.3 is 79.9 Å². The van der Waals surface area contributed by atoms with Crippen molar-refractivity contribution in [3.63, 3.8) is 0 Å². The highest BCUT2D eigenvalue weighted by atomic mass is 16.7. The van der Waals surface area contributed by atoms with Crippen LogP contribution < -0.4 is 0 Å². The van der Waals surface area contributed by atoms with Crippen LogP contribution in [0.2, 0.25) is 0 Å². The van der Waals surface area contributed by atoms with Gasteiger partial charge in [-0.25, -0.2) is 0 Å². The van der Waals surface area contributed by atoms with Gasteiger partial charge in [-0.15, -0.1) is 0 Å². The molecule has 3 aliphatic heterocycles. The normalized spacial score (nSPS) is 49.3. The van der Waals surface area contributed by atoms with Crippen LogP contribution in [-0.2, 0) is 23.7 Å². The van der Waals surface area contributed by atoms with Gasteiger partial charge >= 0.3 is 0 Å². The largest absolute Gasteiger partial charge is 0.394 e. The predicted molar refractivity (Wildman–Crippen MR) is 101 cm³/mol. The summed E-state index contributed by atoms with van der Waals surface area (Å²) >= 11 is 0. The minimum atomic E-state index is -1.80. The molecule has 11 N–H and O–H groups in total. The zero-order chi connectivity index (χ0) is 25.3. The van der Waals surface area contributed by atoms with Crippen LogP contribution in [0.4, 0.5) is 0 Å². The lowest BCUT2D eigenvalue weighted by atomic mass is 9.98. The van der Waals surface area contributed by atoms with E-state index in [4.69, 9.17) is 28.8 Å². The standard InChI is InChI=1S/C18H32O16/c19-1-4(21)13-9(25)11(27)18(33-13)34-15-7(23)6(2-20)31-17(12(15)28)30-3-5(22)14-8(24)10(26)16(29)32-14/h4-29H,1-3H2/t4-,5-,6-,7+,8-,9-,10-,11-,12-,13+,14+,15+,16-,17-,18+/m1/s1. The molecule has 200 valence electrons. The molecule has 0 aliphatic carbocycles. The summed E-state index contributed by atoms with van der Waals surface area (Å²) in [6, 6.07) is 0. The van der Waals surface area contributed by atoms with E-state index in [9.17, 15) is 51.1 Å². The fraction of sp³-hybridized carbons (Fsp3) is 1.00. The van der Waals surface area contributed by atoms with Gasteiger partial charge in [0, 0.05) is 0 Å². The first-order chi connectivity index (χ1) is 16.0. The smallest absolute Gasteiger partial charge is 0.187 e. The van der Waals surface area contributed by atoms with E-state index in [1.54, 1.807) is 0 Å². The monoisotopic (exact) mass is 504 g/mol. The Bertz CT molecular complexity index is 641. The second kappa shape index (κ2) is 11.6. The molecule has 3 heterocycles. The maximum atomic E-state index is 10.6. The molecule has 0 aromatic carbocycles. The van der Waals surface area contributed by atoms with Crippen molar-refractivity contribution >= 4 is 0 Å². The van der Waals surface area contributed by atoms with E-state index in [-0.39, 0.29) is 0 Å². The number of ether oxygens (including phenoxy) is 5. The van der Waals surface area contributed by atoms with Crippen molar-refractivity contribution in [2.24, 2.45) is 0 Å². The van der Waals surface area contributed by atoms with Gasteiger partial charge in [0.05, 0.1) is 19.8 Å². The summed E-state index contributed by atoms with van der Waals surface area (Å²) in [4.78, 5) is 0. The Kier molecular flexibility index (Phi) is 9.54. The molecule has 0 aromatic rings. The second-order valence-electron chi connectivity index (χ2n) is 8.38. The summed E-state index contributed by atoms with van der Waals surface area (Å²) < 4.78 is 26.0. The predicted octanol–water partition coefficient (Wildman–Crippen LogP) is -7.57. The zero-order valence-corrected chi connectivity index (χ0v) is 17.7. The first-order valence-electron chi connectivity index (χ1n) is 10.6. The van der Waals surface area contributed by atoms with Gasteiger partial charge in [-0.3, -0.25) is 0 Å². The van der Waals surface area contributed by atoms with Crippen molar-refractivity contribution in [1.82, 2.24) is 0 Å². The van der Waals surface area contributed by atoms with Crippen molar-refractivity contribution in [3.8, 4) is 0 Å². The topological polar surface area (TPSA) is 269 Å². The van der Waals surface area contributed by atoms with Gasteiger partial charge in [0.2, 0.25) is 0 Å². The van der Waals surface area contributed by atoms with Gasteiger partial charge in [0.25, 0.3) is 0 Å². The number of aliphatic hydroxyl groups excluding tert-OH is 11. The molecule has 0 unspecified atom stereocenters. The van der Waals surface area contributed by atoms with Crippen molar-refractivity contribution in [2.75, 3.05) is 19.8 Å². The molecule has 3 saturated heterocycles. The maximum Gasteiger partial charge on any atom is 0.187 e. The van der Waals surface area contributed by atoms with E-state index in [0.29, 0.717) is 0 Å². The van der Waals surface area contributed by atoms with Gasteiger partial charge in [0.1, 0.15) is 73.2 Å². The van der Waals surface area contributed by atoms with Crippen LogP contribution in [0.3, 0.4) is 0 Å². The van der Waals surface area contributed by atoms with E-state index < -0.39 is 112 Å². The van der Waals surface area contributed by atoms with Crippen molar-refractivity contribution < 1.29 is 79.9 Å². The molecule has 34 heavy (non-hydrogen) atoms. The lowest BCUT2D eigenvalue weighted by Crippen LogP contribution is -2.61. The molecule has 16 heteroatoms. The molecule has 0 radical (unpaired) electrons. The lowest BCUT2D eigenvalue weighted by Gasteiger charge is -2.42. The quantitative estimate of drug-likeness (QED) is 0.139. The molecule has 16 nitrogen and oxygen atoms in total. The molecule has 3 fully saturated rings. The highest BCUT2D eigenvalue weighted by Gasteiger charge is 2.52. The Morgan fingerprint density at radius 3 is 1.82 bits per heavy atom. The van der Waals surface area contributed by atoms with Crippen molar-refractivity contribution in [3.05, 3.63) is 0 Å². The fourth-order valence-corrected chi connectivity index (χ4v) is 4.00. The summed E-state index contributed by atoms with van der Waals surface area (Å²) in [5.41, 5.74) is 0. The average Bonchev–Trinajstić information content (AvgIpc) is 3.25. The molecular formula is C18H32O16. The number of aliphatic hydroxyl groups is 11. The van der Waals surface area contributed by atoms with E-state index in [1.165, 1.54) is 0 Å². The van der Waals surface area contributed by atoms with E-state index >= 15 is 0 Å². The fourth-order valence-electron chi connectivity index (χ4n) is 4.00. The van der Waals surface area contributed by atoms with Crippen LogP contribution in [0.25, 0.3) is 0 Å². The summed E-state index contributed by atoms with van der Waals surface area (Å²) in [6.45, 7) is -2.21. The van der Waals surface area contributed by atoms with Crippen LogP contribution >= 0.6 is 0 Å². The average molecular weight is 504 g/mol. The Hall–Kier alpha value is -0.640. The molecule has 15 atom stereocenters. The second-order valence-corrected chi connectivity index (χ2v) is 8.38. The van der Waals surface area contributed by atoms with Gasteiger partial charge in [0.15, 0.2) is 18.9 Å². The van der Waals surface area contributed by atoms with Gasteiger partial charge in [-0.05, 0) is 0 Å². The molecule has 3 rings (SSSR count). The number of hydrogen-bond acceptors (Lipinski definition) is 16. The van der Waals surface area contributed by atoms with E-state index in [0.717, 1.165) is 0 Å². The molecule has 3 aliphatic rings. The van der Waals surface area contributed by atoms with E-state index in [1.807, 2.05) is 0 Å².